The highest BCUT2D eigenvalue weighted by Crippen LogP contribution is 2.24. The highest BCUT2D eigenvalue weighted by Gasteiger charge is 2.38. The van der Waals surface area contributed by atoms with Crippen LogP contribution in [-0.2, 0) is 24.4 Å². The van der Waals surface area contributed by atoms with Crippen LogP contribution in [0.4, 0.5) is 13.6 Å². The van der Waals surface area contributed by atoms with Crippen LogP contribution in [0.15, 0.2) is 78.9 Å². The third kappa shape index (κ3) is 5.74. The van der Waals surface area contributed by atoms with E-state index in [0.717, 1.165) is 17.2 Å². The second-order valence-electron chi connectivity index (χ2n) is 8.18. The Morgan fingerprint density at radius 2 is 1.58 bits per heavy atom. The van der Waals surface area contributed by atoms with Gasteiger partial charge in [-0.3, -0.25) is 4.90 Å². The molecule has 1 aliphatic rings. The van der Waals surface area contributed by atoms with E-state index in [9.17, 15) is 18.7 Å². The van der Waals surface area contributed by atoms with Crippen LogP contribution < -0.4 is 0 Å². The van der Waals surface area contributed by atoms with Crippen LogP contribution in [0.25, 0.3) is 0 Å². The Bertz CT molecular complexity index is 1070. The summed E-state index contributed by atoms with van der Waals surface area (Å²) in [4.78, 5) is 15.9. The molecule has 0 saturated carbocycles. The fourth-order valence-electron chi connectivity index (χ4n) is 4.09. The van der Waals surface area contributed by atoms with Crippen molar-refractivity contribution in [3.63, 3.8) is 0 Å². The zero-order valence-electron chi connectivity index (χ0n) is 18.1. The van der Waals surface area contributed by atoms with Gasteiger partial charge in [0.1, 0.15) is 6.61 Å². The molecule has 3 aromatic carbocycles. The lowest BCUT2D eigenvalue weighted by molar-refractivity contribution is 0.0720. The van der Waals surface area contributed by atoms with Gasteiger partial charge in [-0.25, -0.2) is 13.6 Å². The van der Waals surface area contributed by atoms with E-state index in [-0.39, 0.29) is 31.8 Å². The number of amides is 1. The van der Waals surface area contributed by atoms with Crippen molar-refractivity contribution in [3.05, 3.63) is 107 Å². The lowest BCUT2D eigenvalue weighted by Gasteiger charge is -2.31. The van der Waals surface area contributed by atoms with Gasteiger partial charge in [0.2, 0.25) is 0 Å². The maximum Gasteiger partial charge on any atom is 0.410 e. The number of β-amino-alcohol motifs (C(OH)–C–C–N with tert-alkyl or cyclic N) is 1. The molecule has 7 heteroatoms. The van der Waals surface area contributed by atoms with Crippen molar-refractivity contribution in [2.75, 3.05) is 13.1 Å². The van der Waals surface area contributed by atoms with Gasteiger partial charge in [-0.05, 0) is 17.2 Å². The van der Waals surface area contributed by atoms with Gasteiger partial charge in [0.25, 0.3) is 0 Å². The standard InChI is InChI=1S/C26H26F2N2O3/c27-22-13-7-12-21(25(22)28)15-29(14-19-8-3-1-4-9-19)23-16-30(17-24(23)31)26(32)33-18-20-10-5-2-6-11-20/h1-13,23-24,31H,14-18H2/t23-,24-/m1/s1. The fraction of sp³-hybridized carbons (Fsp3) is 0.269. The maximum absolute atomic E-state index is 14.4. The van der Waals surface area contributed by atoms with Gasteiger partial charge in [0.05, 0.1) is 18.7 Å². The van der Waals surface area contributed by atoms with Crippen molar-refractivity contribution in [2.45, 2.75) is 31.8 Å². The van der Waals surface area contributed by atoms with Crippen LogP contribution in [0, 0.1) is 11.6 Å². The zero-order chi connectivity index (χ0) is 23.2. The summed E-state index contributed by atoms with van der Waals surface area (Å²) in [6.07, 6.45) is -1.37. The second kappa shape index (κ2) is 10.6. The summed E-state index contributed by atoms with van der Waals surface area (Å²) in [6, 6.07) is 22.5. The molecule has 1 N–H and O–H groups in total. The molecule has 1 saturated heterocycles. The fourth-order valence-corrected chi connectivity index (χ4v) is 4.09. The minimum absolute atomic E-state index is 0.0904. The summed E-state index contributed by atoms with van der Waals surface area (Å²) >= 11 is 0. The lowest BCUT2D eigenvalue weighted by atomic mass is 10.1. The number of hydrogen-bond donors (Lipinski definition) is 1. The Kier molecular flexibility index (Phi) is 7.32. The molecule has 33 heavy (non-hydrogen) atoms. The number of rotatable bonds is 7. The van der Waals surface area contributed by atoms with Gasteiger partial charge < -0.3 is 14.7 Å². The molecule has 0 aromatic heterocycles. The monoisotopic (exact) mass is 452 g/mol. The van der Waals surface area contributed by atoms with Crippen LogP contribution >= 0.6 is 0 Å². The average Bonchev–Trinajstić information content (AvgIpc) is 3.23. The molecule has 0 aliphatic carbocycles. The predicted octanol–water partition coefficient (Wildman–Crippen LogP) is 4.35. The third-order valence-electron chi connectivity index (χ3n) is 5.82. The number of benzene rings is 3. The molecule has 4 rings (SSSR count). The molecule has 1 heterocycles. The van der Waals surface area contributed by atoms with Crippen molar-refractivity contribution >= 4 is 6.09 Å². The van der Waals surface area contributed by atoms with Crippen LogP contribution in [-0.4, -0.2) is 46.2 Å². The first kappa shape index (κ1) is 22.9. The molecule has 1 aliphatic heterocycles. The molecular formula is C26H26F2N2O3. The number of hydrogen-bond acceptors (Lipinski definition) is 4. The molecule has 172 valence electrons. The van der Waals surface area contributed by atoms with E-state index >= 15 is 0 Å². The van der Waals surface area contributed by atoms with Crippen LogP contribution in [0.3, 0.4) is 0 Å². The Morgan fingerprint density at radius 3 is 2.27 bits per heavy atom. The van der Waals surface area contributed by atoms with E-state index < -0.39 is 29.9 Å². The van der Waals surface area contributed by atoms with Gasteiger partial charge in [0, 0.05) is 25.2 Å². The normalized spacial score (nSPS) is 18.0. The number of aliphatic hydroxyl groups is 1. The molecular weight excluding hydrogens is 426 g/mol. The van der Waals surface area contributed by atoms with E-state index in [1.54, 1.807) is 0 Å². The molecule has 0 spiro atoms. The van der Waals surface area contributed by atoms with Gasteiger partial charge in [-0.15, -0.1) is 0 Å². The van der Waals surface area contributed by atoms with Gasteiger partial charge in [0.15, 0.2) is 11.6 Å². The molecule has 0 bridgehead atoms. The van der Waals surface area contributed by atoms with E-state index in [1.165, 1.54) is 17.0 Å². The quantitative estimate of drug-likeness (QED) is 0.579. The zero-order valence-corrected chi connectivity index (χ0v) is 18.1. The maximum atomic E-state index is 14.4. The van der Waals surface area contributed by atoms with Crippen molar-refractivity contribution in [1.82, 2.24) is 9.80 Å². The van der Waals surface area contributed by atoms with Crippen LogP contribution in [0.5, 0.6) is 0 Å². The summed E-state index contributed by atoms with van der Waals surface area (Å²) in [7, 11) is 0. The number of carbonyl (C=O) groups is 1. The Labute approximate surface area is 191 Å². The first-order chi connectivity index (χ1) is 16.0. The minimum atomic E-state index is -0.912. The molecule has 5 nitrogen and oxygen atoms in total. The molecule has 2 atom stereocenters. The van der Waals surface area contributed by atoms with Crippen LogP contribution in [0.2, 0.25) is 0 Å². The Balaban J connectivity index is 1.48. The molecule has 0 radical (unpaired) electrons. The highest BCUT2D eigenvalue weighted by molar-refractivity contribution is 5.68. The number of carbonyl (C=O) groups excluding carboxylic acids is 1. The third-order valence-corrected chi connectivity index (χ3v) is 5.82. The molecule has 1 fully saturated rings. The summed E-state index contributed by atoms with van der Waals surface area (Å²) in [5, 5.41) is 10.8. The van der Waals surface area contributed by atoms with Crippen molar-refractivity contribution in [2.24, 2.45) is 0 Å². The van der Waals surface area contributed by atoms with E-state index in [0.29, 0.717) is 6.54 Å². The molecule has 1 amide bonds. The number of ether oxygens (including phenoxy) is 1. The summed E-state index contributed by atoms with van der Waals surface area (Å²) in [5.74, 6) is -1.81. The second-order valence-corrected chi connectivity index (χ2v) is 8.18. The topological polar surface area (TPSA) is 53.0 Å². The summed E-state index contributed by atoms with van der Waals surface area (Å²) in [6.45, 7) is 0.964. The molecule has 3 aromatic rings. The number of likely N-dealkylation sites (tertiary alicyclic amines) is 1. The van der Waals surface area contributed by atoms with Crippen molar-refractivity contribution in [3.8, 4) is 0 Å². The lowest BCUT2D eigenvalue weighted by Crippen LogP contribution is -2.42. The number of nitrogens with zero attached hydrogens (tertiary/aromatic N) is 2. The van der Waals surface area contributed by atoms with Gasteiger partial charge in [-0.1, -0.05) is 72.8 Å². The number of halogens is 2. The first-order valence-corrected chi connectivity index (χ1v) is 10.9. The predicted molar refractivity (Wildman–Crippen MR) is 120 cm³/mol. The Hall–Kier alpha value is -3.29. The van der Waals surface area contributed by atoms with E-state index in [2.05, 4.69) is 0 Å². The van der Waals surface area contributed by atoms with Crippen molar-refractivity contribution < 1.29 is 23.4 Å². The number of aliphatic hydroxyl groups excluding tert-OH is 1. The highest BCUT2D eigenvalue weighted by atomic mass is 19.2. The van der Waals surface area contributed by atoms with Gasteiger partial charge in [-0.2, -0.15) is 0 Å². The first-order valence-electron chi connectivity index (χ1n) is 10.9. The largest absolute Gasteiger partial charge is 0.445 e. The molecule has 0 unspecified atom stereocenters. The van der Waals surface area contributed by atoms with Crippen molar-refractivity contribution in [1.29, 1.82) is 0 Å². The minimum Gasteiger partial charge on any atom is -0.445 e. The summed E-state index contributed by atoms with van der Waals surface area (Å²) < 4.78 is 33.6. The van der Waals surface area contributed by atoms with Crippen LogP contribution in [0.1, 0.15) is 16.7 Å². The summed E-state index contributed by atoms with van der Waals surface area (Å²) in [5.41, 5.74) is 2.03. The average molecular weight is 453 g/mol. The van der Waals surface area contributed by atoms with Gasteiger partial charge >= 0.3 is 6.09 Å². The van der Waals surface area contributed by atoms with E-state index in [1.807, 2.05) is 65.6 Å². The SMILES string of the molecule is O=C(OCc1ccccc1)N1C[C@@H](O)[C@H](N(Cc2ccccc2)Cc2cccc(F)c2F)C1. The smallest absolute Gasteiger partial charge is 0.410 e. The Morgan fingerprint density at radius 1 is 0.909 bits per heavy atom. The van der Waals surface area contributed by atoms with E-state index in [4.69, 9.17) is 4.74 Å².